The number of ether oxygens (including phenoxy) is 2. The van der Waals surface area contributed by atoms with Crippen LogP contribution in [0.1, 0.15) is 39.7 Å². The number of allylic oxidation sites excluding steroid dienone is 2. The molecule has 4 atom stereocenters. The van der Waals surface area contributed by atoms with Gasteiger partial charge in [-0.1, -0.05) is 30.7 Å². The SMILES string of the molecule is COC1(OC)C(=O)C23C(=CC[C@@H]2C)C(C)(C(=O)O)C1(C)C(OS(=O)(=O)c1ccc(C)cc1)=C3C. The molecule has 5 rings (SSSR count). The van der Waals surface area contributed by atoms with Crippen LogP contribution < -0.4 is 0 Å². The summed E-state index contributed by atoms with van der Waals surface area (Å²) in [5.41, 5.74) is -3.37. The van der Waals surface area contributed by atoms with Crippen LogP contribution in [0.3, 0.4) is 0 Å². The second kappa shape index (κ2) is 7.26. The molecule has 0 saturated heterocycles. The molecule has 1 aromatic rings. The molecule has 1 fully saturated rings. The molecule has 2 bridgehead atoms. The summed E-state index contributed by atoms with van der Waals surface area (Å²) in [5, 5.41) is 10.6. The average molecular weight is 491 g/mol. The highest BCUT2D eigenvalue weighted by Crippen LogP contribution is 2.76. The smallest absolute Gasteiger partial charge is 0.338 e. The van der Waals surface area contributed by atoms with Gasteiger partial charge in [-0.2, -0.15) is 8.42 Å². The van der Waals surface area contributed by atoms with E-state index in [1.54, 1.807) is 25.1 Å². The molecule has 0 aliphatic heterocycles. The first kappa shape index (κ1) is 24.6. The number of hydrogen-bond acceptors (Lipinski definition) is 7. The van der Waals surface area contributed by atoms with E-state index in [2.05, 4.69) is 0 Å². The fourth-order valence-electron chi connectivity index (χ4n) is 6.61. The van der Waals surface area contributed by atoms with Crippen molar-refractivity contribution in [3.63, 3.8) is 0 Å². The molecule has 9 heteroatoms. The first-order chi connectivity index (χ1) is 15.7. The topological polar surface area (TPSA) is 116 Å². The van der Waals surface area contributed by atoms with Gasteiger partial charge in [0, 0.05) is 14.2 Å². The van der Waals surface area contributed by atoms with E-state index in [4.69, 9.17) is 13.7 Å². The van der Waals surface area contributed by atoms with Crippen molar-refractivity contribution < 1.29 is 36.8 Å². The molecule has 1 saturated carbocycles. The number of carboxylic acid groups (broad SMARTS) is 1. The Balaban J connectivity index is 2.10. The highest BCUT2D eigenvalue weighted by Gasteiger charge is 2.84. The van der Waals surface area contributed by atoms with Crippen molar-refractivity contribution in [2.24, 2.45) is 22.2 Å². The van der Waals surface area contributed by atoms with E-state index >= 15 is 0 Å². The lowest BCUT2D eigenvalue weighted by atomic mass is 9.38. The predicted octanol–water partition coefficient (Wildman–Crippen LogP) is 3.61. The van der Waals surface area contributed by atoms with Gasteiger partial charge >= 0.3 is 16.1 Å². The molecule has 8 nitrogen and oxygen atoms in total. The zero-order valence-electron chi connectivity index (χ0n) is 20.4. The number of Topliss-reactive ketones (excluding diaryl/α,β-unsaturated/α-hetero) is 1. The zero-order valence-corrected chi connectivity index (χ0v) is 21.2. The number of fused-ring (bicyclic) bond motifs is 1. The largest absolute Gasteiger partial charge is 0.481 e. The van der Waals surface area contributed by atoms with E-state index in [-0.39, 0.29) is 16.6 Å². The Bertz CT molecular complexity index is 1250. The third kappa shape index (κ3) is 2.42. The molecule has 0 aromatic heterocycles. The van der Waals surface area contributed by atoms with E-state index in [1.807, 2.05) is 13.8 Å². The summed E-state index contributed by atoms with van der Waals surface area (Å²) in [4.78, 5) is 27.1. The molecular formula is C25H30O8S. The van der Waals surface area contributed by atoms with Gasteiger partial charge in [0.05, 0.1) is 5.41 Å². The van der Waals surface area contributed by atoms with Crippen molar-refractivity contribution >= 4 is 21.9 Å². The van der Waals surface area contributed by atoms with E-state index < -0.39 is 43.9 Å². The van der Waals surface area contributed by atoms with Crippen LogP contribution in [-0.4, -0.2) is 45.3 Å². The highest BCUT2D eigenvalue weighted by atomic mass is 32.2. The van der Waals surface area contributed by atoms with Crippen molar-refractivity contribution in [3.8, 4) is 0 Å². The fourth-order valence-corrected chi connectivity index (χ4v) is 7.69. The van der Waals surface area contributed by atoms with Gasteiger partial charge < -0.3 is 18.8 Å². The van der Waals surface area contributed by atoms with Gasteiger partial charge in [0.15, 0.2) is 0 Å². The summed E-state index contributed by atoms with van der Waals surface area (Å²) < 4.78 is 44.1. The van der Waals surface area contributed by atoms with Gasteiger partial charge in [0.1, 0.15) is 21.5 Å². The van der Waals surface area contributed by atoms with Gasteiger partial charge in [-0.25, -0.2) is 0 Å². The molecule has 34 heavy (non-hydrogen) atoms. The summed E-state index contributed by atoms with van der Waals surface area (Å²) in [6.45, 7) is 8.27. The van der Waals surface area contributed by atoms with Crippen molar-refractivity contribution in [2.45, 2.75) is 51.7 Å². The molecule has 3 unspecified atom stereocenters. The van der Waals surface area contributed by atoms with Crippen molar-refractivity contribution in [1.82, 2.24) is 0 Å². The number of aryl methyl sites for hydroxylation is 1. The van der Waals surface area contributed by atoms with Crippen molar-refractivity contribution in [2.75, 3.05) is 14.2 Å². The average Bonchev–Trinajstić information content (AvgIpc) is 3.14. The number of aliphatic carboxylic acids is 1. The fraction of sp³-hybridized carbons (Fsp3) is 0.520. The van der Waals surface area contributed by atoms with Crippen LogP contribution in [0.15, 0.2) is 52.1 Å². The van der Waals surface area contributed by atoms with Gasteiger partial charge in [-0.15, -0.1) is 0 Å². The lowest BCUT2D eigenvalue weighted by Crippen LogP contribution is -2.77. The Morgan fingerprint density at radius 2 is 1.65 bits per heavy atom. The summed E-state index contributed by atoms with van der Waals surface area (Å²) in [6, 6.07) is 6.13. The summed E-state index contributed by atoms with van der Waals surface area (Å²) in [5.74, 6) is -4.25. The van der Waals surface area contributed by atoms with Crippen molar-refractivity contribution in [3.05, 3.63) is 52.8 Å². The number of carboxylic acids is 1. The monoisotopic (exact) mass is 490 g/mol. The number of rotatable bonds is 6. The van der Waals surface area contributed by atoms with Crippen LogP contribution in [0.5, 0.6) is 0 Å². The van der Waals surface area contributed by atoms with Gasteiger partial charge in [-0.3, -0.25) is 9.59 Å². The molecule has 0 radical (unpaired) electrons. The first-order valence-electron chi connectivity index (χ1n) is 11.1. The lowest BCUT2D eigenvalue weighted by molar-refractivity contribution is -0.292. The Labute approximate surface area is 199 Å². The van der Waals surface area contributed by atoms with Crippen molar-refractivity contribution in [1.29, 1.82) is 0 Å². The van der Waals surface area contributed by atoms with Crippen LogP contribution in [-0.2, 0) is 33.4 Å². The van der Waals surface area contributed by atoms with Crippen LogP contribution in [0.2, 0.25) is 0 Å². The molecule has 184 valence electrons. The van der Waals surface area contributed by atoms with Gasteiger partial charge in [0.2, 0.25) is 11.6 Å². The standard InChI is InChI=1S/C25H30O8S/c1-14-8-11-17(12-9-14)34(29,30)33-19-16(3)24-15(2)10-13-18(24)22(4,21(27)28)23(19,5)25(31-6,32-7)20(24)26/h8-9,11-13,15H,10H2,1-7H3,(H,27,28)/t15-,22?,23?,24?/m0/s1. The molecule has 4 aliphatic carbocycles. The maximum Gasteiger partial charge on any atom is 0.338 e. The number of benzene rings is 1. The second-order valence-electron chi connectivity index (χ2n) is 9.78. The minimum atomic E-state index is -4.37. The maximum atomic E-state index is 14.2. The normalized spacial score (nSPS) is 34.1. The summed E-state index contributed by atoms with van der Waals surface area (Å²) >= 11 is 0. The third-order valence-corrected chi connectivity index (χ3v) is 9.82. The molecule has 1 N–H and O–H groups in total. The minimum absolute atomic E-state index is 0.0834. The Morgan fingerprint density at radius 3 is 2.15 bits per heavy atom. The minimum Gasteiger partial charge on any atom is -0.481 e. The van der Waals surface area contributed by atoms with Crippen LogP contribution in [0.4, 0.5) is 0 Å². The van der Waals surface area contributed by atoms with E-state index in [0.29, 0.717) is 17.6 Å². The number of ketones is 1. The molecule has 1 spiro atoms. The maximum absolute atomic E-state index is 14.2. The quantitative estimate of drug-likeness (QED) is 0.365. The lowest BCUT2D eigenvalue weighted by Gasteiger charge is -2.66. The number of carbonyl (C=O) groups excluding carboxylic acids is 1. The highest BCUT2D eigenvalue weighted by molar-refractivity contribution is 7.86. The third-order valence-electron chi connectivity index (χ3n) is 8.59. The Hall–Kier alpha value is -2.49. The number of hydrogen-bond donors (Lipinski definition) is 1. The molecule has 4 aliphatic rings. The summed E-state index contributed by atoms with van der Waals surface area (Å²) in [7, 11) is -1.85. The van der Waals surface area contributed by atoms with Crippen LogP contribution in [0, 0.1) is 29.1 Å². The van der Waals surface area contributed by atoms with Crippen LogP contribution in [0.25, 0.3) is 0 Å². The van der Waals surface area contributed by atoms with E-state index in [9.17, 15) is 23.1 Å². The molecule has 1 aromatic carbocycles. The summed E-state index contributed by atoms with van der Waals surface area (Å²) in [6.07, 6.45) is 2.23. The predicted molar refractivity (Wildman–Crippen MR) is 122 cm³/mol. The Morgan fingerprint density at radius 1 is 1.09 bits per heavy atom. The van der Waals surface area contributed by atoms with Crippen LogP contribution >= 0.6 is 0 Å². The molecule has 0 heterocycles. The van der Waals surface area contributed by atoms with E-state index in [1.165, 1.54) is 40.2 Å². The number of methoxy groups -OCH3 is 2. The molecular weight excluding hydrogens is 460 g/mol. The van der Waals surface area contributed by atoms with Gasteiger partial charge in [-0.05, 0) is 63.3 Å². The Kier molecular flexibility index (Phi) is 5.26. The second-order valence-corrected chi connectivity index (χ2v) is 11.3. The van der Waals surface area contributed by atoms with E-state index in [0.717, 1.165) is 5.56 Å². The first-order valence-corrected chi connectivity index (χ1v) is 12.5. The molecule has 0 amide bonds. The zero-order chi connectivity index (χ0) is 25.5. The van der Waals surface area contributed by atoms with Gasteiger partial charge in [0.25, 0.3) is 0 Å². The number of carbonyl (C=O) groups is 2.